The number of rotatable bonds is 9. The first kappa shape index (κ1) is 23.0. The predicted octanol–water partition coefficient (Wildman–Crippen LogP) is 4.93. The molecule has 0 aliphatic rings. The molecule has 0 bridgehead atoms. The van der Waals surface area contributed by atoms with Crippen LogP contribution < -0.4 is 0 Å². The highest BCUT2D eigenvalue weighted by atomic mass is 31.2. The molecule has 0 amide bonds. The van der Waals surface area contributed by atoms with Crippen LogP contribution in [0.3, 0.4) is 0 Å². The second kappa shape index (κ2) is 8.93. The summed E-state index contributed by atoms with van der Waals surface area (Å²) in [6.45, 7) is 18.0. The van der Waals surface area contributed by atoms with E-state index in [1.54, 1.807) is 27.7 Å². The van der Waals surface area contributed by atoms with Crippen LogP contribution in [0.2, 0.25) is 18.1 Å². The zero-order valence-corrected chi connectivity index (χ0v) is 18.0. The molecule has 23 heavy (non-hydrogen) atoms. The van der Waals surface area contributed by atoms with Crippen LogP contribution in [-0.4, -0.2) is 38.3 Å². The van der Waals surface area contributed by atoms with Gasteiger partial charge in [-0.25, -0.2) is 0 Å². The molecule has 0 aromatic heterocycles. The quantitative estimate of drug-likeness (QED) is 0.463. The second-order valence-electron chi connectivity index (χ2n) is 7.83. The third-order valence-electron chi connectivity index (χ3n) is 3.63. The van der Waals surface area contributed by atoms with E-state index in [9.17, 15) is 9.67 Å². The van der Waals surface area contributed by atoms with Gasteiger partial charge in [0.05, 0.1) is 24.9 Å². The molecule has 138 valence electrons. The first-order valence-electron chi connectivity index (χ1n) is 8.16. The van der Waals surface area contributed by atoms with E-state index in [2.05, 4.69) is 33.9 Å². The number of aliphatic hydroxyl groups is 1. The summed E-state index contributed by atoms with van der Waals surface area (Å²) in [7, 11) is -5.29. The molecule has 0 rings (SSSR count). The third kappa shape index (κ3) is 9.18. The zero-order valence-electron chi connectivity index (χ0n) is 16.1. The van der Waals surface area contributed by atoms with Gasteiger partial charge in [0.2, 0.25) is 0 Å². The maximum atomic E-state index is 12.6. The molecule has 0 saturated heterocycles. The first-order chi connectivity index (χ1) is 10.2. The second-order valence-corrected chi connectivity index (χ2v) is 14.4. The van der Waals surface area contributed by atoms with Crippen LogP contribution >= 0.6 is 7.60 Å². The topological polar surface area (TPSA) is 65.0 Å². The van der Waals surface area contributed by atoms with Crippen molar-refractivity contribution in [3.05, 3.63) is 11.9 Å². The minimum absolute atomic E-state index is 0.0766. The Morgan fingerprint density at radius 3 is 1.87 bits per heavy atom. The van der Waals surface area contributed by atoms with Gasteiger partial charge in [0, 0.05) is 5.82 Å². The lowest BCUT2D eigenvalue weighted by Crippen LogP contribution is -2.42. The zero-order chi connectivity index (χ0) is 18.5. The van der Waals surface area contributed by atoms with Crippen molar-refractivity contribution in [3.63, 3.8) is 0 Å². The van der Waals surface area contributed by atoms with E-state index in [1.807, 2.05) is 0 Å². The van der Waals surface area contributed by atoms with E-state index in [-0.39, 0.29) is 23.9 Å². The lowest BCUT2D eigenvalue weighted by atomic mass is 10.2. The Hall–Kier alpha value is 0.0269. The van der Waals surface area contributed by atoms with E-state index < -0.39 is 22.0 Å². The maximum absolute atomic E-state index is 12.6. The van der Waals surface area contributed by atoms with Gasteiger partial charge in [-0.15, -0.1) is 0 Å². The summed E-state index contributed by atoms with van der Waals surface area (Å²) in [6.07, 6.45) is 0.136. The van der Waals surface area contributed by atoms with Gasteiger partial charge in [0.1, 0.15) is 0 Å². The highest BCUT2D eigenvalue weighted by Gasteiger charge is 2.37. The fraction of sp³-hybridized carbons (Fsp3) is 0.875. The Morgan fingerprint density at radius 1 is 1.09 bits per heavy atom. The largest absolute Gasteiger partial charge is 0.414 e. The number of hydrogen-bond donors (Lipinski definition) is 1. The van der Waals surface area contributed by atoms with Crippen molar-refractivity contribution in [1.29, 1.82) is 0 Å². The van der Waals surface area contributed by atoms with Gasteiger partial charge in [-0.05, 0) is 51.9 Å². The highest BCUT2D eigenvalue weighted by molar-refractivity contribution is 7.57. The Labute approximate surface area is 143 Å². The molecule has 1 atom stereocenters. The minimum Gasteiger partial charge on any atom is -0.414 e. The van der Waals surface area contributed by atoms with Crippen LogP contribution in [-0.2, 0) is 18.0 Å². The van der Waals surface area contributed by atoms with Crippen LogP contribution in [0.4, 0.5) is 0 Å². The van der Waals surface area contributed by atoms with Gasteiger partial charge in [0.15, 0.2) is 8.32 Å². The summed E-state index contributed by atoms with van der Waals surface area (Å²) >= 11 is 0. The molecular formula is C16H35O5PSi. The summed E-state index contributed by atoms with van der Waals surface area (Å²) in [5.74, 6) is 1.34. The molecule has 5 nitrogen and oxygen atoms in total. The molecule has 0 aromatic rings. The summed E-state index contributed by atoms with van der Waals surface area (Å²) in [4.78, 5) is 0. The lowest BCUT2D eigenvalue weighted by Gasteiger charge is -2.36. The molecule has 7 heteroatoms. The normalized spacial score (nSPS) is 15.8. The van der Waals surface area contributed by atoms with Gasteiger partial charge in [-0.2, -0.15) is 0 Å². The molecule has 1 N–H and O–H groups in total. The van der Waals surface area contributed by atoms with Gasteiger partial charge < -0.3 is 18.6 Å². The van der Waals surface area contributed by atoms with Gasteiger partial charge >= 0.3 is 7.60 Å². The molecule has 0 saturated carbocycles. The van der Waals surface area contributed by atoms with Crippen LogP contribution in [0.1, 0.15) is 48.5 Å². The van der Waals surface area contributed by atoms with Crippen LogP contribution in [0, 0.1) is 0 Å². The van der Waals surface area contributed by atoms with E-state index in [1.165, 1.54) is 11.9 Å². The van der Waals surface area contributed by atoms with E-state index in [0.717, 1.165) is 0 Å². The Morgan fingerprint density at radius 2 is 1.52 bits per heavy atom. The van der Waals surface area contributed by atoms with Crippen LogP contribution in [0.15, 0.2) is 11.9 Å². The summed E-state index contributed by atoms with van der Waals surface area (Å²) in [5, 5.41) is 10.2. The molecule has 0 heterocycles. The molecule has 0 fully saturated rings. The summed E-state index contributed by atoms with van der Waals surface area (Å²) in [5.41, 5.74) is 0. The molecule has 0 aliphatic heterocycles. The van der Waals surface area contributed by atoms with Crippen molar-refractivity contribution in [2.75, 3.05) is 6.61 Å². The van der Waals surface area contributed by atoms with Crippen molar-refractivity contribution in [1.82, 2.24) is 0 Å². The van der Waals surface area contributed by atoms with Gasteiger partial charge in [0.25, 0.3) is 0 Å². The summed E-state index contributed by atoms with van der Waals surface area (Å²) < 4.78 is 29.4. The Balaban J connectivity index is 4.80. The molecule has 0 aliphatic carbocycles. The first-order valence-corrected chi connectivity index (χ1v) is 12.7. The van der Waals surface area contributed by atoms with Crippen LogP contribution in [0.25, 0.3) is 0 Å². The standard InChI is InChI=1S/C16H35O5PSi/c1-13(2)20-22(18,21-14(3)4)11-10-15(17)12-19-23(8,9)16(5,6)7/h10-11,13-15,17H,12H2,1-9H3/b11-10+. The number of aliphatic hydroxyl groups excluding tert-OH is 1. The Bertz CT molecular complexity index is 413. The smallest absolute Gasteiger partial charge is 0.354 e. The minimum atomic E-state index is -3.37. The van der Waals surface area contributed by atoms with E-state index in [0.29, 0.717) is 0 Å². The van der Waals surface area contributed by atoms with Crippen molar-refractivity contribution in [3.8, 4) is 0 Å². The fourth-order valence-corrected chi connectivity index (χ4v) is 4.25. The average Bonchev–Trinajstić information content (AvgIpc) is 2.30. The van der Waals surface area contributed by atoms with E-state index >= 15 is 0 Å². The third-order valence-corrected chi connectivity index (χ3v) is 10.1. The van der Waals surface area contributed by atoms with Crippen LogP contribution in [0.5, 0.6) is 0 Å². The maximum Gasteiger partial charge on any atom is 0.354 e. The highest BCUT2D eigenvalue weighted by Crippen LogP contribution is 2.52. The Kier molecular flexibility index (Phi) is 8.94. The average molecular weight is 367 g/mol. The SMILES string of the molecule is CC(C)OP(=O)(/C=C/C(O)CO[Si](C)(C)C(C)(C)C)OC(C)C. The molecule has 0 radical (unpaired) electrons. The number of hydrogen-bond acceptors (Lipinski definition) is 5. The molecule has 1 unspecified atom stereocenters. The van der Waals surface area contributed by atoms with Crippen molar-refractivity contribution < 1.29 is 23.1 Å². The van der Waals surface area contributed by atoms with E-state index in [4.69, 9.17) is 13.5 Å². The fourth-order valence-electron chi connectivity index (χ4n) is 1.45. The lowest BCUT2D eigenvalue weighted by molar-refractivity contribution is 0.133. The predicted molar refractivity (Wildman–Crippen MR) is 98.3 cm³/mol. The monoisotopic (exact) mass is 366 g/mol. The molecule has 0 aromatic carbocycles. The van der Waals surface area contributed by atoms with Crippen molar-refractivity contribution in [2.45, 2.75) is 84.9 Å². The molecular weight excluding hydrogens is 331 g/mol. The van der Waals surface area contributed by atoms with Crippen molar-refractivity contribution >= 4 is 15.9 Å². The van der Waals surface area contributed by atoms with Gasteiger partial charge in [-0.3, -0.25) is 4.57 Å². The molecule has 0 spiro atoms. The summed E-state index contributed by atoms with van der Waals surface area (Å²) in [6, 6.07) is 0. The van der Waals surface area contributed by atoms with Gasteiger partial charge in [-0.1, -0.05) is 20.8 Å². The van der Waals surface area contributed by atoms with Crippen molar-refractivity contribution in [2.24, 2.45) is 0 Å².